The summed E-state index contributed by atoms with van der Waals surface area (Å²) in [7, 11) is -3.38. The van der Waals surface area contributed by atoms with Gasteiger partial charge in [-0.25, -0.2) is 8.42 Å². The fourth-order valence-electron chi connectivity index (χ4n) is 2.52. The average Bonchev–Trinajstić information content (AvgIpc) is 2.87. The average molecular weight is 317 g/mol. The molecule has 0 radical (unpaired) electrons. The third-order valence-corrected chi connectivity index (χ3v) is 6.52. The predicted octanol–water partition coefficient (Wildman–Crippen LogP) is 1.17. The first-order valence-corrected chi connectivity index (χ1v) is 9.26. The van der Waals surface area contributed by atoms with Crippen molar-refractivity contribution in [3.8, 4) is 0 Å². The summed E-state index contributed by atoms with van der Waals surface area (Å²) >= 11 is 1.41. The molecule has 0 amide bonds. The van der Waals surface area contributed by atoms with Gasteiger partial charge in [-0.05, 0) is 17.4 Å². The second-order valence-electron chi connectivity index (χ2n) is 5.51. The molecule has 1 saturated heterocycles. The Kier molecular flexibility index (Phi) is 5.19. The van der Waals surface area contributed by atoms with Gasteiger partial charge in [-0.1, -0.05) is 13.8 Å². The number of hydrogen-bond acceptors (Lipinski definition) is 5. The molecule has 0 aliphatic carbocycles. The van der Waals surface area contributed by atoms with Crippen LogP contribution in [0, 0.1) is 5.92 Å². The molecule has 0 atom stereocenters. The van der Waals surface area contributed by atoms with Crippen LogP contribution in [0.4, 0.5) is 0 Å². The summed E-state index contributed by atoms with van der Waals surface area (Å²) < 4.78 is 26.8. The predicted molar refractivity (Wildman–Crippen MR) is 82.2 cm³/mol. The molecule has 2 rings (SSSR count). The molecule has 1 aliphatic rings. The third kappa shape index (κ3) is 3.40. The fourth-order valence-corrected chi connectivity index (χ4v) is 5.24. The minimum atomic E-state index is -3.38. The lowest BCUT2D eigenvalue weighted by atomic mass is 10.2. The summed E-state index contributed by atoms with van der Waals surface area (Å²) in [4.78, 5) is 3.46. The van der Waals surface area contributed by atoms with Gasteiger partial charge in [-0.3, -0.25) is 0 Å². The molecule has 1 aromatic rings. The maximum absolute atomic E-state index is 12.6. The molecule has 7 heteroatoms. The van der Waals surface area contributed by atoms with Crippen molar-refractivity contribution in [1.29, 1.82) is 0 Å². The van der Waals surface area contributed by atoms with E-state index in [0.717, 1.165) is 24.5 Å². The number of nitrogens with zero attached hydrogens (tertiary/aromatic N) is 2. The Hall–Kier alpha value is -0.470. The van der Waals surface area contributed by atoms with Crippen LogP contribution in [0.25, 0.3) is 0 Å². The Labute approximate surface area is 125 Å². The van der Waals surface area contributed by atoms with E-state index in [1.54, 1.807) is 15.8 Å². The van der Waals surface area contributed by atoms with E-state index in [-0.39, 0.29) is 6.54 Å². The molecule has 20 heavy (non-hydrogen) atoms. The summed E-state index contributed by atoms with van der Waals surface area (Å²) in [6, 6.07) is 1.67. The van der Waals surface area contributed by atoms with Crippen molar-refractivity contribution in [2.24, 2.45) is 11.7 Å². The molecule has 2 heterocycles. The lowest BCUT2D eigenvalue weighted by Crippen LogP contribution is -2.49. The Balaban J connectivity index is 2.06. The molecule has 0 spiro atoms. The van der Waals surface area contributed by atoms with Crippen LogP contribution in [0.15, 0.2) is 16.3 Å². The van der Waals surface area contributed by atoms with E-state index in [1.165, 1.54) is 11.3 Å². The zero-order valence-corrected chi connectivity index (χ0v) is 13.7. The van der Waals surface area contributed by atoms with Crippen molar-refractivity contribution in [2.75, 3.05) is 32.7 Å². The summed E-state index contributed by atoms with van der Waals surface area (Å²) in [5, 5.41) is 1.80. The van der Waals surface area contributed by atoms with Crippen molar-refractivity contribution < 1.29 is 8.42 Å². The molecular formula is C13H23N3O2S2. The Bertz CT molecular complexity index is 532. The fraction of sp³-hybridized carbons (Fsp3) is 0.692. The maximum atomic E-state index is 12.6. The Morgan fingerprint density at radius 2 is 1.95 bits per heavy atom. The zero-order valence-electron chi connectivity index (χ0n) is 12.1. The molecule has 0 aromatic carbocycles. The summed E-state index contributed by atoms with van der Waals surface area (Å²) in [6.07, 6.45) is 0. The lowest BCUT2D eigenvalue weighted by molar-refractivity contribution is 0.172. The molecule has 1 aliphatic heterocycles. The van der Waals surface area contributed by atoms with Crippen molar-refractivity contribution in [2.45, 2.75) is 25.3 Å². The molecule has 1 aromatic heterocycles. The van der Waals surface area contributed by atoms with E-state index >= 15 is 0 Å². The highest BCUT2D eigenvalue weighted by Crippen LogP contribution is 2.25. The highest BCUT2D eigenvalue weighted by molar-refractivity contribution is 7.89. The van der Waals surface area contributed by atoms with Gasteiger partial charge in [0.15, 0.2) is 0 Å². The first-order chi connectivity index (χ1) is 9.45. The monoisotopic (exact) mass is 317 g/mol. The minimum absolute atomic E-state index is 0.277. The number of hydrogen-bond donors (Lipinski definition) is 1. The van der Waals surface area contributed by atoms with Crippen molar-refractivity contribution in [3.63, 3.8) is 0 Å². The SMILES string of the molecule is CC(C)CN1CCN(S(=O)(=O)c2ccsc2CN)CC1. The van der Waals surface area contributed by atoms with Gasteiger partial charge in [0.1, 0.15) is 0 Å². The van der Waals surface area contributed by atoms with Gasteiger partial charge in [0.25, 0.3) is 0 Å². The standard InChI is InChI=1S/C13H23N3O2S2/c1-11(2)10-15-4-6-16(7-5-15)20(17,18)13-3-8-19-12(13)9-14/h3,8,11H,4-7,9-10,14H2,1-2H3. The largest absolute Gasteiger partial charge is 0.326 e. The highest BCUT2D eigenvalue weighted by atomic mass is 32.2. The van der Waals surface area contributed by atoms with Crippen LogP contribution < -0.4 is 5.73 Å². The van der Waals surface area contributed by atoms with E-state index in [2.05, 4.69) is 18.7 Å². The smallest absolute Gasteiger partial charge is 0.244 e. The highest BCUT2D eigenvalue weighted by Gasteiger charge is 2.30. The molecule has 0 unspecified atom stereocenters. The van der Waals surface area contributed by atoms with Gasteiger partial charge in [-0.15, -0.1) is 11.3 Å². The van der Waals surface area contributed by atoms with E-state index < -0.39 is 10.0 Å². The van der Waals surface area contributed by atoms with Crippen LogP contribution in [0.5, 0.6) is 0 Å². The van der Waals surface area contributed by atoms with Gasteiger partial charge in [0.2, 0.25) is 10.0 Å². The Morgan fingerprint density at radius 3 is 2.50 bits per heavy atom. The molecular weight excluding hydrogens is 294 g/mol. The van der Waals surface area contributed by atoms with Crippen molar-refractivity contribution >= 4 is 21.4 Å². The number of rotatable bonds is 5. The van der Waals surface area contributed by atoms with Gasteiger partial charge >= 0.3 is 0 Å². The molecule has 1 fully saturated rings. The van der Waals surface area contributed by atoms with Crippen LogP contribution in [0.3, 0.4) is 0 Å². The number of nitrogens with two attached hydrogens (primary N) is 1. The maximum Gasteiger partial charge on any atom is 0.244 e. The second kappa shape index (κ2) is 6.53. The van der Waals surface area contributed by atoms with Gasteiger partial charge < -0.3 is 10.6 Å². The van der Waals surface area contributed by atoms with E-state index in [4.69, 9.17) is 5.73 Å². The van der Waals surface area contributed by atoms with Crippen molar-refractivity contribution in [1.82, 2.24) is 9.21 Å². The van der Waals surface area contributed by atoms with Crippen LogP contribution in [-0.2, 0) is 16.6 Å². The van der Waals surface area contributed by atoms with Gasteiger partial charge in [0.05, 0.1) is 4.90 Å². The number of sulfonamides is 1. The molecule has 0 saturated carbocycles. The third-order valence-electron chi connectivity index (χ3n) is 3.46. The van der Waals surface area contributed by atoms with Crippen LogP contribution >= 0.6 is 11.3 Å². The molecule has 0 bridgehead atoms. The molecule has 114 valence electrons. The van der Waals surface area contributed by atoms with E-state index in [1.807, 2.05) is 0 Å². The lowest BCUT2D eigenvalue weighted by Gasteiger charge is -2.34. The second-order valence-corrected chi connectivity index (χ2v) is 8.42. The number of piperazine rings is 1. The van der Waals surface area contributed by atoms with Gasteiger partial charge in [0, 0.05) is 44.1 Å². The number of thiophene rings is 1. The van der Waals surface area contributed by atoms with E-state index in [9.17, 15) is 8.42 Å². The van der Waals surface area contributed by atoms with Crippen LogP contribution in [-0.4, -0.2) is 50.3 Å². The first kappa shape index (κ1) is 15.9. The summed E-state index contributed by atoms with van der Waals surface area (Å²) in [5.74, 6) is 0.610. The van der Waals surface area contributed by atoms with E-state index in [0.29, 0.717) is 23.9 Å². The quantitative estimate of drug-likeness (QED) is 0.885. The minimum Gasteiger partial charge on any atom is -0.326 e. The van der Waals surface area contributed by atoms with Crippen LogP contribution in [0.1, 0.15) is 18.7 Å². The molecule has 5 nitrogen and oxygen atoms in total. The first-order valence-electron chi connectivity index (χ1n) is 6.94. The Morgan fingerprint density at radius 1 is 1.30 bits per heavy atom. The van der Waals surface area contributed by atoms with Gasteiger partial charge in [-0.2, -0.15) is 4.31 Å². The normalized spacial score (nSPS) is 18.8. The summed E-state index contributed by atoms with van der Waals surface area (Å²) in [6.45, 7) is 8.41. The molecule has 2 N–H and O–H groups in total. The van der Waals surface area contributed by atoms with Crippen molar-refractivity contribution in [3.05, 3.63) is 16.3 Å². The van der Waals surface area contributed by atoms with Crippen LogP contribution in [0.2, 0.25) is 0 Å². The zero-order chi connectivity index (χ0) is 14.8. The topological polar surface area (TPSA) is 66.6 Å². The summed E-state index contributed by atoms with van der Waals surface area (Å²) in [5.41, 5.74) is 5.62.